The Hall–Kier alpha value is -2.16. The van der Waals surface area contributed by atoms with E-state index >= 15 is 0 Å². The number of hydrogen-bond donors (Lipinski definition) is 1. The minimum Gasteiger partial charge on any atom is -0.487 e. The van der Waals surface area contributed by atoms with Crippen molar-refractivity contribution in [3.63, 3.8) is 0 Å². The Labute approximate surface area is 113 Å². The predicted molar refractivity (Wildman–Crippen MR) is 78.4 cm³/mol. The van der Waals surface area contributed by atoms with E-state index in [1.165, 1.54) is 5.56 Å². The molecule has 2 N–H and O–H groups in total. The van der Waals surface area contributed by atoms with Gasteiger partial charge in [-0.05, 0) is 30.7 Å². The van der Waals surface area contributed by atoms with Crippen LogP contribution in [0, 0.1) is 0 Å². The second-order valence-corrected chi connectivity index (χ2v) is 5.02. The molecule has 1 aliphatic heterocycles. The van der Waals surface area contributed by atoms with Crippen LogP contribution >= 0.6 is 0 Å². The largest absolute Gasteiger partial charge is 0.487 e. The van der Waals surface area contributed by atoms with Crippen molar-refractivity contribution in [1.29, 1.82) is 0 Å². The maximum Gasteiger partial charge on any atom is 0.143 e. The lowest BCUT2D eigenvalue weighted by atomic mass is 10.1. The highest BCUT2D eigenvalue weighted by Gasteiger charge is 2.22. The standard InChI is InChI=1S/C16H18N2O/c1-12-10-18(11-13-5-3-2-4-6-13)15-9-14(17)7-8-16(15)19-12/h2-9,12H,10-11,17H2,1H3. The molecule has 0 bridgehead atoms. The van der Waals surface area contributed by atoms with Crippen LogP contribution in [0.3, 0.4) is 0 Å². The first-order chi connectivity index (χ1) is 9.22. The zero-order valence-electron chi connectivity index (χ0n) is 11.0. The van der Waals surface area contributed by atoms with Crippen molar-refractivity contribution in [2.24, 2.45) is 0 Å². The summed E-state index contributed by atoms with van der Waals surface area (Å²) in [7, 11) is 0. The molecule has 1 aliphatic rings. The van der Waals surface area contributed by atoms with E-state index in [1.54, 1.807) is 0 Å². The molecule has 0 fully saturated rings. The molecular formula is C16H18N2O. The number of nitrogens with two attached hydrogens (primary N) is 1. The summed E-state index contributed by atoms with van der Waals surface area (Å²) in [5.41, 5.74) is 9.04. The van der Waals surface area contributed by atoms with E-state index in [0.717, 1.165) is 30.2 Å². The van der Waals surface area contributed by atoms with Gasteiger partial charge in [0, 0.05) is 12.2 Å². The zero-order chi connectivity index (χ0) is 13.2. The Balaban J connectivity index is 1.92. The number of rotatable bonds is 2. The van der Waals surface area contributed by atoms with Crippen LogP contribution in [0.15, 0.2) is 48.5 Å². The molecule has 19 heavy (non-hydrogen) atoms. The lowest BCUT2D eigenvalue weighted by molar-refractivity contribution is 0.212. The molecule has 2 aromatic rings. The molecule has 0 saturated heterocycles. The maximum atomic E-state index is 5.89. The monoisotopic (exact) mass is 254 g/mol. The van der Waals surface area contributed by atoms with Gasteiger partial charge in [0.2, 0.25) is 0 Å². The lowest BCUT2D eigenvalue weighted by Crippen LogP contribution is -2.38. The lowest BCUT2D eigenvalue weighted by Gasteiger charge is -2.35. The minimum absolute atomic E-state index is 0.194. The first-order valence-corrected chi connectivity index (χ1v) is 6.57. The molecule has 0 spiro atoms. The molecular weight excluding hydrogens is 236 g/mol. The Kier molecular flexibility index (Phi) is 3.03. The second-order valence-electron chi connectivity index (χ2n) is 5.02. The highest BCUT2D eigenvalue weighted by atomic mass is 16.5. The van der Waals surface area contributed by atoms with Crippen molar-refractivity contribution in [2.45, 2.75) is 19.6 Å². The molecule has 3 rings (SSSR count). The molecule has 0 aromatic heterocycles. The van der Waals surface area contributed by atoms with Gasteiger partial charge < -0.3 is 15.4 Å². The highest BCUT2D eigenvalue weighted by molar-refractivity contribution is 5.66. The molecule has 1 heterocycles. The second kappa shape index (κ2) is 4.84. The number of nitrogens with zero attached hydrogens (tertiary/aromatic N) is 1. The molecule has 0 amide bonds. The topological polar surface area (TPSA) is 38.5 Å². The van der Waals surface area contributed by atoms with Crippen molar-refractivity contribution in [3.05, 3.63) is 54.1 Å². The van der Waals surface area contributed by atoms with Gasteiger partial charge in [-0.25, -0.2) is 0 Å². The molecule has 2 aromatic carbocycles. The van der Waals surface area contributed by atoms with Gasteiger partial charge in [-0.3, -0.25) is 0 Å². The summed E-state index contributed by atoms with van der Waals surface area (Å²) in [6.45, 7) is 3.85. The van der Waals surface area contributed by atoms with Crippen LogP contribution in [0.2, 0.25) is 0 Å². The van der Waals surface area contributed by atoms with E-state index in [-0.39, 0.29) is 6.10 Å². The van der Waals surface area contributed by atoms with Crippen molar-refractivity contribution in [3.8, 4) is 5.75 Å². The van der Waals surface area contributed by atoms with Crippen molar-refractivity contribution in [1.82, 2.24) is 0 Å². The molecule has 1 atom stereocenters. The zero-order valence-corrected chi connectivity index (χ0v) is 11.0. The van der Waals surface area contributed by atoms with Crippen LogP contribution in [-0.2, 0) is 6.54 Å². The van der Waals surface area contributed by atoms with Crippen molar-refractivity contribution >= 4 is 11.4 Å². The summed E-state index contributed by atoms with van der Waals surface area (Å²) >= 11 is 0. The third-order valence-corrected chi connectivity index (χ3v) is 3.35. The van der Waals surface area contributed by atoms with E-state index < -0.39 is 0 Å². The van der Waals surface area contributed by atoms with E-state index in [0.29, 0.717) is 0 Å². The minimum atomic E-state index is 0.194. The third kappa shape index (κ3) is 2.50. The predicted octanol–water partition coefficient (Wildman–Crippen LogP) is 3.06. The Morgan fingerprint density at radius 2 is 2.00 bits per heavy atom. The van der Waals surface area contributed by atoms with E-state index in [2.05, 4.69) is 36.1 Å². The fourth-order valence-electron chi connectivity index (χ4n) is 2.50. The van der Waals surface area contributed by atoms with Gasteiger partial charge >= 0.3 is 0 Å². The smallest absolute Gasteiger partial charge is 0.143 e. The highest BCUT2D eigenvalue weighted by Crippen LogP contribution is 2.35. The van der Waals surface area contributed by atoms with Gasteiger partial charge in [0.25, 0.3) is 0 Å². The molecule has 3 nitrogen and oxygen atoms in total. The maximum absolute atomic E-state index is 5.89. The first-order valence-electron chi connectivity index (χ1n) is 6.57. The normalized spacial score (nSPS) is 17.7. The van der Waals surface area contributed by atoms with Gasteiger partial charge in [0.15, 0.2) is 0 Å². The Morgan fingerprint density at radius 1 is 1.21 bits per heavy atom. The molecule has 0 aliphatic carbocycles. The van der Waals surface area contributed by atoms with Crippen LogP contribution < -0.4 is 15.4 Å². The van der Waals surface area contributed by atoms with Gasteiger partial charge in [0.05, 0.1) is 12.2 Å². The number of benzene rings is 2. The summed E-state index contributed by atoms with van der Waals surface area (Å²) in [4.78, 5) is 2.33. The summed E-state index contributed by atoms with van der Waals surface area (Å²) < 4.78 is 5.86. The SMILES string of the molecule is CC1CN(Cc2ccccc2)c2cc(N)ccc2O1. The third-order valence-electron chi connectivity index (χ3n) is 3.35. The number of ether oxygens (including phenoxy) is 1. The van der Waals surface area contributed by atoms with E-state index in [9.17, 15) is 0 Å². The van der Waals surface area contributed by atoms with Gasteiger partial charge in [0.1, 0.15) is 11.9 Å². The molecule has 0 radical (unpaired) electrons. The van der Waals surface area contributed by atoms with Crippen LogP contribution in [0.25, 0.3) is 0 Å². The van der Waals surface area contributed by atoms with E-state index in [4.69, 9.17) is 10.5 Å². The fourth-order valence-corrected chi connectivity index (χ4v) is 2.50. The number of fused-ring (bicyclic) bond motifs is 1. The average molecular weight is 254 g/mol. The number of hydrogen-bond acceptors (Lipinski definition) is 3. The molecule has 98 valence electrons. The first kappa shape index (κ1) is 11.9. The molecule has 1 unspecified atom stereocenters. The van der Waals surface area contributed by atoms with Crippen molar-refractivity contribution < 1.29 is 4.74 Å². The van der Waals surface area contributed by atoms with Crippen molar-refractivity contribution in [2.75, 3.05) is 17.2 Å². The summed E-state index contributed by atoms with van der Waals surface area (Å²) in [6.07, 6.45) is 0.194. The summed E-state index contributed by atoms with van der Waals surface area (Å²) in [6, 6.07) is 16.3. The van der Waals surface area contributed by atoms with Gasteiger partial charge in [-0.1, -0.05) is 30.3 Å². The summed E-state index contributed by atoms with van der Waals surface area (Å²) in [5.74, 6) is 0.920. The van der Waals surface area contributed by atoms with Crippen LogP contribution in [-0.4, -0.2) is 12.6 Å². The Morgan fingerprint density at radius 3 is 2.79 bits per heavy atom. The number of anilines is 2. The average Bonchev–Trinajstić information content (AvgIpc) is 2.41. The van der Waals surface area contributed by atoms with Crippen LogP contribution in [0.5, 0.6) is 5.75 Å². The van der Waals surface area contributed by atoms with Crippen LogP contribution in [0.1, 0.15) is 12.5 Å². The fraction of sp³-hybridized carbons (Fsp3) is 0.250. The quantitative estimate of drug-likeness (QED) is 0.837. The number of nitrogen functional groups attached to an aromatic ring is 1. The Bertz CT molecular complexity index is 568. The summed E-state index contributed by atoms with van der Waals surface area (Å²) in [5, 5.41) is 0. The molecule has 0 saturated carbocycles. The molecule has 3 heteroatoms. The van der Waals surface area contributed by atoms with E-state index in [1.807, 2.05) is 24.3 Å². The van der Waals surface area contributed by atoms with Gasteiger partial charge in [-0.2, -0.15) is 0 Å². The van der Waals surface area contributed by atoms with Gasteiger partial charge in [-0.15, -0.1) is 0 Å². The van der Waals surface area contributed by atoms with Crippen LogP contribution in [0.4, 0.5) is 11.4 Å².